The number of hydrogen-bond donors (Lipinski definition) is 7. The molecule has 0 spiro atoms. The van der Waals surface area contributed by atoms with E-state index in [1.807, 2.05) is 34.8 Å². The lowest BCUT2D eigenvalue weighted by molar-refractivity contribution is -0.302. The lowest BCUT2D eigenvalue weighted by Crippen LogP contribution is -2.59. The zero-order chi connectivity index (χ0) is 36.2. The van der Waals surface area contributed by atoms with Gasteiger partial charge in [-0.25, -0.2) is 18.3 Å². The Kier molecular flexibility index (Phi) is 8.77. The van der Waals surface area contributed by atoms with Crippen LogP contribution >= 0.6 is 0 Å². The molecule has 2 saturated carbocycles. The van der Waals surface area contributed by atoms with Crippen molar-refractivity contribution < 1.29 is 28.2 Å². The highest BCUT2D eigenvalue weighted by atomic mass is 32.2. The molecule has 16 nitrogen and oxygen atoms in total. The minimum Gasteiger partial charge on any atom is -0.393 e. The average molecular weight is 719 g/mol. The summed E-state index contributed by atoms with van der Waals surface area (Å²) in [5, 5.41) is 35.5. The van der Waals surface area contributed by atoms with Gasteiger partial charge >= 0.3 is 0 Å². The number of rotatable bonds is 12. The van der Waals surface area contributed by atoms with Gasteiger partial charge < -0.3 is 42.5 Å². The molecule has 3 aromatic rings. The number of benzene rings is 1. The summed E-state index contributed by atoms with van der Waals surface area (Å²) >= 11 is 0. The second kappa shape index (κ2) is 13.0. The highest BCUT2D eigenvalue weighted by Crippen LogP contribution is 2.45. The molecule has 2 aliphatic heterocycles. The van der Waals surface area contributed by atoms with Gasteiger partial charge in [-0.1, -0.05) is 25.1 Å². The highest BCUT2D eigenvalue weighted by molar-refractivity contribution is 7.91. The number of pyridine rings is 1. The maximum atomic E-state index is 13.0. The number of hydrogen-bond acceptors (Lipinski definition) is 13. The summed E-state index contributed by atoms with van der Waals surface area (Å²) in [6, 6.07) is 9.76. The molecule has 7 rings (SSSR count). The lowest BCUT2D eigenvalue weighted by atomic mass is 9.97. The standard InChI is InChI=1S/C34H42N10O6S/c1-3-51(49,50)29-9-5-8-27(40-29)34(47,48)43-16-21(17-43)44-26-18-42(2)31-22(23(26)15-37-44)6-4-7-24(31)39-25(30(36)33(46)38-20-12-13-20)14-28(35)41-32(45)19-10-11-19/h4-9,14-15,19-21,39,47-48H,3,10-13,16-18,35-36H2,1-2H3,(H,38,46)(H,41,45)/b28-14+,30-25+. The van der Waals surface area contributed by atoms with E-state index in [2.05, 4.69) is 20.9 Å². The van der Waals surface area contributed by atoms with Crippen LogP contribution in [0, 0.1) is 5.92 Å². The quantitative estimate of drug-likeness (QED) is 0.0770. The van der Waals surface area contributed by atoms with Gasteiger partial charge in [-0.2, -0.15) is 5.10 Å². The summed E-state index contributed by atoms with van der Waals surface area (Å²) in [5.41, 5.74) is 16.8. The van der Waals surface area contributed by atoms with Gasteiger partial charge in [0.25, 0.3) is 11.8 Å². The van der Waals surface area contributed by atoms with Crippen molar-refractivity contribution in [2.45, 2.75) is 62.2 Å². The lowest BCUT2D eigenvalue weighted by Gasteiger charge is -2.46. The van der Waals surface area contributed by atoms with Crippen molar-refractivity contribution in [3.05, 3.63) is 77.3 Å². The maximum absolute atomic E-state index is 13.0. The number of allylic oxidation sites excluding steroid dienone is 1. The van der Waals surface area contributed by atoms with Crippen LogP contribution in [0.15, 0.2) is 70.9 Å². The first-order valence-corrected chi connectivity index (χ1v) is 18.6. The molecule has 0 bridgehead atoms. The van der Waals surface area contributed by atoms with Gasteiger partial charge in [0.05, 0.1) is 47.3 Å². The summed E-state index contributed by atoms with van der Waals surface area (Å²) in [4.78, 5) is 32.9. The second-order valence-corrected chi connectivity index (χ2v) is 15.8. The molecule has 17 heteroatoms. The van der Waals surface area contributed by atoms with E-state index in [1.54, 1.807) is 6.20 Å². The Morgan fingerprint density at radius 1 is 1.06 bits per heavy atom. The molecule has 2 amide bonds. The Balaban J connectivity index is 1.13. The van der Waals surface area contributed by atoms with Gasteiger partial charge in [0.1, 0.15) is 17.2 Å². The number of carbonyl (C=O) groups excluding carboxylic acids is 2. The number of carbonyl (C=O) groups is 2. The third kappa shape index (κ3) is 6.76. The number of likely N-dealkylation sites (tertiary alicyclic amines) is 1. The van der Waals surface area contributed by atoms with Gasteiger partial charge in [-0.3, -0.25) is 14.3 Å². The number of fused-ring (bicyclic) bond motifs is 3. The molecule has 3 fully saturated rings. The van der Waals surface area contributed by atoms with Crippen LogP contribution in [0.1, 0.15) is 50.0 Å². The Morgan fingerprint density at radius 2 is 1.78 bits per heavy atom. The van der Waals surface area contributed by atoms with Crippen LogP contribution in [0.2, 0.25) is 0 Å². The molecule has 2 aromatic heterocycles. The molecule has 1 saturated heterocycles. The van der Waals surface area contributed by atoms with E-state index in [4.69, 9.17) is 16.6 Å². The number of anilines is 2. The fraction of sp³-hybridized carbons (Fsp3) is 0.412. The topological polar surface area (TPSA) is 234 Å². The third-order valence-corrected chi connectivity index (χ3v) is 11.3. The summed E-state index contributed by atoms with van der Waals surface area (Å²) in [5.74, 6) is -3.23. The average Bonchev–Trinajstić information content (AvgIpc) is 4.02. The smallest absolute Gasteiger partial charge is 0.271 e. The summed E-state index contributed by atoms with van der Waals surface area (Å²) in [6.07, 6.45) is 6.65. The fourth-order valence-corrected chi connectivity index (χ4v) is 7.15. The van der Waals surface area contributed by atoms with E-state index < -0.39 is 21.7 Å². The van der Waals surface area contributed by atoms with Gasteiger partial charge in [-0.05, 0) is 43.9 Å². The zero-order valence-corrected chi connectivity index (χ0v) is 29.2. The van der Waals surface area contributed by atoms with Crippen LogP contribution in [0.5, 0.6) is 0 Å². The first kappa shape index (κ1) is 34.5. The van der Waals surface area contributed by atoms with Gasteiger partial charge in [0, 0.05) is 49.3 Å². The van der Waals surface area contributed by atoms with E-state index >= 15 is 0 Å². The summed E-state index contributed by atoms with van der Waals surface area (Å²) < 4.78 is 26.6. The molecule has 4 heterocycles. The minimum atomic E-state index is -3.64. The second-order valence-electron chi connectivity index (χ2n) is 13.5. The van der Waals surface area contributed by atoms with Crippen molar-refractivity contribution in [1.82, 2.24) is 30.3 Å². The Morgan fingerprint density at radius 3 is 2.47 bits per heavy atom. The molecule has 51 heavy (non-hydrogen) atoms. The van der Waals surface area contributed by atoms with Gasteiger partial charge in [0.15, 0.2) is 14.9 Å². The molecule has 9 N–H and O–H groups in total. The number of nitrogens with one attached hydrogen (secondary N) is 3. The number of nitrogens with zero attached hydrogens (tertiary/aromatic N) is 5. The number of aromatic nitrogens is 3. The van der Waals surface area contributed by atoms with E-state index in [9.17, 15) is 28.2 Å². The van der Waals surface area contributed by atoms with Crippen LogP contribution in [0.4, 0.5) is 11.4 Å². The van der Waals surface area contributed by atoms with Crippen LogP contribution in [-0.4, -0.2) is 82.0 Å². The van der Waals surface area contributed by atoms with Crippen molar-refractivity contribution in [2.24, 2.45) is 17.4 Å². The van der Waals surface area contributed by atoms with E-state index in [1.165, 1.54) is 36.1 Å². The molecule has 4 aliphatic rings. The molecule has 0 atom stereocenters. The number of amides is 2. The van der Waals surface area contributed by atoms with E-state index in [-0.39, 0.29) is 70.7 Å². The number of nitrogens with two attached hydrogens (primary N) is 2. The number of para-hydroxylation sites is 1. The van der Waals surface area contributed by atoms with Crippen molar-refractivity contribution in [2.75, 3.05) is 36.1 Å². The maximum Gasteiger partial charge on any atom is 0.271 e. The Bertz CT molecular complexity index is 2060. The van der Waals surface area contributed by atoms with E-state index in [0.717, 1.165) is 48.2 Å². The zero-order valence-electron chi connectivity index (χ0n) is 28.3. The van der Waals surface area contributed by atoms with E-state index in [0.29, 0.717) is 12.2 Å². The normalized spacial score (nSPS) is 18.7. The van der Waals surface area contributed by atoms with Crippen molar-refractivity contribution in [1.29, 1.82) is 0 Å². The van der Waals surface area contributed by atoms with Crippen LogP contribution in [0.3, 0.4) is 0 Å². The largest absolute Gasteiger partial charge is 0.393 e. The SMILES string of the molecule is CCS(=O)(=O)c1cccc(C(O)(O)N2CC(n3ncc4c3CN(C)c3c(NC(/C=C(\N)NC(=O)C5CC5)=C(/N)C(=O)NC5CC5)cccc3-4)C2)n1. The number of sulfone groups is 1. The molecule has 270 valence electrons. The van der Waals surface area contributed by atoms with Gasteiger partial charge in [0.2, 0.25) is 5.91 Å². The fourth-order valence-electron chi connectivity index (χ4n) is 6.33. The van der Waals surface area contributed by atoms with Crippen LogP contribution in [0.25, 0.3) is 11.1 Å². The van der Waals surface area contributed by atoms with Crippen molar-refractivity contribution in [3.63, 3.8) is 0 Å². The Hall–Kier alpha value is -4.97. The molecular weight excluding hydrogens is 677 g/mol. The highest BCUT2D eigenvalue weighted by Gasteiger charge is 2.46. The number of aliphatic hydroxyl groups is 2. The molecular formula is C34H42N10O6S. The summed E-state index contributed by atoms with van der Waals surface area (Å²) in [7, 11) is -1.71. The third-order valence-electron chi connectivity index (χ3n) is 9.64. The first-order valence-electron chi connectivity index (χ1n) is 16.9. The predicted octanol–water partition coefficient (Wildman–Crippen LogP) is 0.527. The Labute approximate surface area is 295 Å². The predicted molar refractivity (Wildman–Crippen MR) is 188 cm³/mol. The minimum absolute atomic E-state index is 0.0589. The van der Waals surface area contributed by atoms with Crippen molar-refractivity contribution >= 4 is 33.0 Å². The monoisotopic (exact) mass is 718 g/mol. The molecule has 2 aliphatic carbocycles. The molecule has 0 unspecified atom stereocenters. The first-order chi connectivity index (χ1) is 24.3. The summed E-state index contributed by atoms with van der Waals surface area (Å²) in [6.45, 7) is 2.42. The van der Waals surface area contributed by atoms with Crippen LogP contribution < -0.4 is 32.3 Å². The van der Waals surface area contributed by atoms with Gasteiger partial charge in [-0.15, -0.1) is 0 Å². The van der Waals surface area contributed by atoms with Crippen molar-refractivity contribution in [3.8, 4) is 11.1 Å². The molecule has 1 aromatic carbocycles. The van der Waals surface area contributed by atoms with Crippen LogP contribution in [-0.2, 0) is 31.9 Å². The molecule has 0 radical (unpaired) electrons.